The Morgan fingerprint density at radius 1 is 1.29 bits per heavy atom. The number of nitriles is 1. The van der Waals surface area contributed by atoms with Crippen LogP contribution in [0.4, 0.5) is 0 Å². The molecule has 0 spiro atoms. The minimum absolute atomic E-state index is 0.164. The summed E-state index contributed by atoms with van der Waals surface area (Å²) in [5, 5.41) is 9.37. The highest BCUT2D eigenvalue weighted by molar-refractivity contribution is 5.90. The van der Waals surface area contributed by atoms with E-state index in [1.165, 1.54) is 0 Å². The van der Waals surface area contributed by atoms with Crippen molar-refractivity contribution >= 4 is 16.8 Å². The number of aromatic amines is 1. The molecule has 0 saturated heterocycles. The van der Waals surface area contributed by atoms with E-state index in [2.05, 4.69) is 16.9 Å². The second-order valence-corrected chi connectivity index (χ2v) is 5.46. The number of nitrogens with zero attached hydrogens (tertiary/aromatic N) is 2. The summed E-state index contributed by atoms with van der Waals surface area (Å²) in [6, 6.07) is 17.0. The van der Waals surface area contributed by atoms with Gasteiger partial charge in [0.1, 0.15) is 18.2 Å². The first-order chi connectivity index (χ1) is 11.7. The smallest absolute Gasteiger partial charge is 0.194 e. The highest BCUT2D eigenvalue weighted by Crippen LogP contribution is 2.19. The van der Waals surface area contributed by atoms with E-state index in [4.69, 9.17) is 4.74 Å². The maximum absolute atomic E-state index is 12.4. The fourth-order valence-electron chi connectivity index (χ4n) is 2.49. The van der Waals surface area contributed by atoms with Gasteiger partial charge in [0, 0.05) is 0 Å². The monoisotopic (exact) mass is 319 g/mol. The van der Waals surface area contributed by atoms with Crippen molar-refractivity contribution < 1.29 is 9.53 Å². The molecule has 0 aliphatic rings. The molecule has 24 heavy (non-hydrogen) atoms. The number of ketones is 1. The first kappa shape index (κ1) is 15.8. The standard InChI is InChI=1S/C19H17N3O2/c1-2-13-6-5-7-14(10-13)24-12-18(23)15(11-20)19-21-16-8-3-4-9-17(16)22-19/h3-10,15H,2,12H2,1H3,(H,21,22)/t15-/m0/s1. The third-order valence-electron chi connectivity index (χ3n) is 3.82. The molecule has 5 nitrogen and oxygen atoms in total. The second-order valence-electron chi connectivity index (χ2n) is 5.46. The van der Waals surface area contributed by atoms with Gasteiger partial charge in [-0.25, -0.2) is 4.98 Å². The quantitative estimate of drug-likeness (QED) is 0.755. The predicted molar refractivity (Wildman–Crippen MR) is 90.8 cm³/mol. The van der Waals surface area contributed by atoms with E-state index in [0.29, 0.717) is 11.6 Å². The number of ether oxygens (including phenoxy) is 1. The first-order valence-electron chi connectivity index (χ1n) is 7.80. The maximum atomic E-state index is 12.4. The number of fused-ring (bicyclic) bond motifs is 1. The van der Waals surface area contributed by atoms with Crippen LogP contribution in [0.1, 0.15) is 24.2 Å². The Labute approximate surface area is 139 Å². The van der Waals surface area contributed by atoms with Crippen molar-refractivity contribution in [1.82, 2.24) is 9.97 Å². The number of H-pyrrole nitrogens is 1. The molecule has 0 aliphatic carbocycles. The van der Waals surface area contributed by atoms with Crippen molar-refractivity contribution in [3.8, 4) is 11.8 Å². The topological polar surface area (TPSA) is 78.8 Å². The summed E-state index contributed by atoms with van der Waals surface area (Å²) in [7, 11) is 0. The lowest BCUT2D eigenvalue weighted by atomic mass is 10.1. The van der Waals surface area contributed by atoms with Gasteiger partial charge in [0.05, 0.1) is 17.1 Å². The Bertz CT molecular complexity index is 875. The number of para-hydroxylation sites is 2. The van der Waals surface area contributed by atoms with E-state index in [-0.39, 0.29) is 12.4 Å². The molecule has 5 heteroatoms. The zero-order valence-electron chi connectivity index (χ0n) is 13.3. The minimum Gasteiger partial charge on any atom is -0.486 e. The lowest BCUT2D eigenvalue weighted by Gasteiger charge is -2.09. The molecule has 3 aromatic rings. The van der Waals surface area contributed by atoms with Gasteiger partial charge in [0.25, 0.3) is 0 Å². The second kappa shape index (κ2) is 6.97. The number of benzene rings is 2. The number of imidazole rings is 1. The number of hydrogen-bond acceptors (Lipinski definition) is 4. The van der Waals surface area contributed by atoms with Crippen LogP contribution in [0, 0.1) is 11.3 Å². The fraction of sp³-hybridized carbons (Fsp3) is 0.211. The van der Waals surface area contributed by atoms with E-state index in [1.807, 2.05) is 48.5 Å². The lowest BCUT2D eigenvalue weighted by Crippen LogP contribution is -2.20. The van der Waals surface area contributed by atoms with Crippen molar-refractivity contribution in [2.45, 2.75) is 19.3 Å². The molecule has 0 radical (unpaired) electrons. The van der Waals surface area contributed by atoms with Crippen LogP contribution in [0.2, 0.25) is 0 Å². The Balaban J connectivity index is 1.73. The molecule has 0 aliphatic heterocycles. The molecule has 3 rings (SSSR count). The van der Waals surface area contributed by atoms with Crippen molar-refractivity contribution in [3.05, 3.63) is 59.9 Å². The number of Topliss-reactive ketones (excluding diaryl/α,β-unsaturated/α-hetero) is 1. The number of nitrogens with one attached hydrogen (secondary N) is 1. The summed E-state index contributed by atoms with van der Waals surface area (Å²) in [6.45, 7) is 1.89. The van der Waals surface area contributed by atoms with Gasteiger partial charge in [-0.2, -0.15) is 5.26 Å². The Morgan fingerprint density at radius 2 is 2.12 bits per heavy atom. The lowest BCUT2D eigenvalue weighted by molar-refractivity contribution is -0.121. The van der Waals surface area contributed by atoms with E-state index >= 15 is 0 Å². The van der Waals surface area contributed by atoms with E-state index in [1.54, 1.807) is 6.07 Å². The van der Waals surface area contributed by atoms with Gasteiger partial charge in [-0.1, -0.05) is 31.2 Å². The molecular weight excluding hydrogens is 302 g/mol. The Kier molecular flexibility index (Phi) is 4.57. The van der Waals surface area contributed by atoms with Gasteiger partial charge in [0.2, 0.25) is 0 Å². The van der Waals surface area contributed by atoms with Gasteiger partial charge in [-0.05, 0) is 36.2 Å². The highest BCUT2D eigenvalue weighted by atomic mass is 16.5. The predicted octanol–water partition coefficient (Wildman–Crippen LogP) is 3.38. The minimum atomic E-state index is -0.966. The first-order valence-corrected chi connectivity index (χ1v) is 7.80. The van der Waals surface area contributed by atoms with Crippen LogP contribution in [0.25, 0.3) is 11.0 Å². The van der Waals surface area contributed by atoms with Crippen molar-refractivity contribution in [1.29, 1.82) is 5.26 Å². The summed E-state index contributed by atoms with van der Waals surface area (Å²) in [5.41, 5.74) is 2.67. The number of rotatable bonds is 6. The molecule has 1 aromatic heterocycles. The van der Waals surface area contributed by atoms with Gasteiger partial charge >= 0.3 is 0 Å². The third-order valence-corrected chi connectivity index (χ3v) is 3.82. The molecule has 120 valence electrons. The number of aryl methyl sites for hydroxylation is 1. The number of aromatic nitrogens is 2. The van der Waals surface area contributed by atoms with Crippen LogP contribution in [-0.2, 0) is 11.2 Å². The highest BCUT2D eigenvalue weighted by Gasteiger charge is 2.24. The molecule has 1 atom stereocenters. The van der Waals surface area contributed by atoms with Gasteiger partial charge < -0.3 is 9.72 Å². The van der Waals surface area contributed by atoms with E-state index < -0.39 is 5.92 Å². The Hall–Kier alpha value is -3.13. The maximum Gasteiger partial charge on any atom is 0.194 e. The molecule has 1 heterocycles. The molecule has 0 saturated carbocycles. The summed E-state index contributed by atoms with van der Waals surface area (Å²) in [5.74, 6) is -0.302. The molecule has 0 bridgehead atoms. The summed E-state index contributed by atoms with van der Waals surface area (Å²) < 4.78 is 5.55. The van der Waals surface area contributed by atoms with Crippen LogP contribution in [0.15, 0.2) is 48.5 Å². The third kappa shape index (κ3) is 3.28. The zero-order chi connectivity index (χ0) is 16.9. The van der Waals surface area contributed by atoms with E-state index in [9.17, 15) is 10.1 Å². The van der Waals surface area contributed by atoms with Gasteiger partial charge in [0.15, 0.2) is 11.7 Å². The number of carbonyl (C=O) groups excluding carboxylic acids is 1. The Morgan fingerprint density at radius 3 is 2.88 bits per heavy atom. The van der Waals surface area contributed by atoms with Crippen LogP contribution in [-0.4, -0.2) is 22.4 Å². The average Bonchev–Trinajstić information content (AvgIpc) is 3.04. The van der Waals surface area contributed by atoms with Crippen molar-refractivity contribution in [2.24, 2.45) is 0 Å². The summed E-state index contributed by atoms with van der Waals surface area (Å²) in [6.07, 6.45) is 0.894. The zero-order valence-corrected chi connectivity index (χ0v) is 13.3. The molecule has 0 unspecified atom stereocenters. The largest absolute Gasteiger partial charge is 0.486 e. The number of carbonyl (C=O) groups is 1. The van der Waals surface area contributed by atoms with Crippen LogP contribution < -0.4 is 4.74 Å². The molecular formula is C19H17N3O2. The normalized spacial score (nSPS) is 11.8. The van der Waals surface area contributed by atoms with Crippen molar-refractivity contribution in [2.75, 3.05) is 6.61 Å². The average molecular weight is 319 g/mol. The van der Waals surface area contributed by atoms with Crippen LogP contribution in [0.3, 0.4) is 0 Å². The van der Waals surface area contributed by atoms with Gasteiger partial charge in [-0.15, -0.1) is 0 Å². The van der Waals surface area contributed by atoms with Crippen molar-refractivity contribution in [3.63, 3.8) is 0 Å². The van der Waals surface area contributed by atoms with Crippen LogP contribution >= 0.6 is 0 Å². The SMILES string of the molecule is CCc1cccc(OCC(=O)[C@H](C#N)c2nc3ccccc3[nH]2)c1. The number of hydrogen-bond donors (Lipinski definition) is 1. The van der Waals surface area contributed by atoms with Crippen LogP contribution in [0.5, 0.6) is 5.75 Å². The summed E-state index contributed by atoms with van der Waals surface area (Å²) >= 11 is 0. The fourth-order valence-corrected chi connectivity index (χ4v) is 2.49. The molecule has 0 fully saturated rings. The van der Waals surface area contributed by atoms with E-state index in [0.717, 1.165) is 23.0 Å². The van der Waals surface area contributed by atoms with Gasteiger partial charge in [-0.3, -0.25) is 4.79 Å². The summed E-state index contributed by atoms with van der Waals surface area (Å²) in [4.78, 5) is 19.7. The molecule has 1 N–H and O–H groups in total. The molecule has 2 aromatic carbocycles. The molecule has 0 amide bonds.